The fourth-order valence-corrected chi connectivity index (χ4v) is 1.90. The van der Waals surface area contributed by atoms with Crippen LogP contribution in [0.25, 0.3) is 0 Å². The molecule has 0 radical (unpaired) electrons. The number of hydrogen-bond acceptors (Lipinski definition) is 4. The molecule has 0 spiro atoms. The average Bonchev–Trinajstić information content (AvgIpc) is 2.70. The number of aliphatic hydroxyl groups excluding tert-OH is 1. The van der Waals surface area contributed by atoms with Gasteiger partial charge in [-0.3, -0.25) is 4.98 Å². The van der Waals surface area contributed by atoms with Crippen LogP contribution in [0.15, 0.2) is 30.0 Å². The van der Waals surface area contributed by atoms with Crippen LogP contribution in [0.3, 0.4) is 0 Å². The predicted molar refractivity (Wildman–Crippen MR) is 55.0 cm³/mol. The molecule has 0 fully saturated rings. The predicted octanol–water partition coefficient (Wildman–Crippen LogP) is 1.95. The number of nitrogens with zero attached hydrogens (tertiary/aromatic N) is 2. The summed E-state index contributed by atoms with van der Waals surface area (Å²) in [6.07, 6.45) is 3.89. The van der Waals surface area contributed by atoms with Crippen LogP contribution < -0.4 is 0 Å². The van der Waals surface area contributed by atoms with Crippen LogP contribution in [0.4, 0.5) is 4.39 Å². The number of thiazole rings is 1. The quantitative estimate of drug-likeness (QED) is 0.866. The third-order valence-corrected chi connectivity index (χ3v) is 2.76. The number of aromatic nitrogens is 2. The summed E-state index contributed by atoms with van der Waals surface area (Å²) in [6, 6.07) is 1.28. The van der Waals surface area contributed by atoms with Crippen molar-refractivity contribution in [2.75, 3.05) is 0 Å². The van der Waals surface area contributed by atoms with Gasteiger partial charge in [0.25, 0.3) is 0 Å². The third-order valence-electron chi connectivity index (χ3n) is 1.96. The van der Waals surface area contributed by atoms with E-state index in [4.69, 9.17) is 0 Å². The summed E-state index contributed by atoms with van der Waals surface area (Å²) in [7, 11) is 0. The second-order valence-corrected chi connectivity index (χ2v) is 4.06. The van der Waals surface area contributed by atoms with E-state index in [1.165, 1.54) is 23.6 Å². The van der Waals surface area contributed by atoms with Gasteiger partial charge in [0.1, 0.15) is 5.82 Å². The van der Waals surface area contributed by atoms with Crippen molar-refractivity contribution in [3.63, 3.8) is 0 Å². The summed E-state index contributed by atoms with van der Waals surface area (Å²) in [5.74, 6) is -0.439. The van der Waals surface area contributed by atoms with Crippen LogP contribution in [-0.2, 0) is 6.42 Å². The molecule has 0 saturated heterocycles. The van der Waals surface area contributed by atoms with Crippen LogP contribution in [-0.4, -0.2) is 15.1 Å². The Balaban J connectivity index is 2.11. The van der Waals surface area contributed by atoms with Crippen molar-refractivity contribution in [2.45, 2.75) is 12.5 Å². The number of pyridine rings is 1. The highest BCUT2D eigenvalue weighted by Gasteiger charge is 2.11. The minimum atomic E-state index is -0.751. The summed E-state index contributed by atoms with van der Waals surface area (Å²) in [5, 5.41) is 12.4. The summed E-state index contributed by atoms with van der Waals surface area (Å²) >= 11 is 1.46. The van der Waals surface area contributed by atoms with Crippen molar-refractivity contribution in [3.8, 4) is 0 Å². The molecule has 1 N–H and O–H groups in total. The van der Waals surface area contributed by atoms with E-state index in [2.05, 4.69) is 9.97 Å². The van der Waals surface area contributed by atoms with Crippen LogP contribution in [0, 0.1) is 5.82 Å². The van der Waals surface area contributed by atoms with Gasteiger partial charge in [0, 0.05) is 29.8 Å². The fraction of sp³-hybridized carbons (Fsp3) is 0.200. The molecule has 5 heteroatoms. The van der Waals surface area contributed by atoms with E-state index in [0.29, 0.717) is 12.0 Å². The lowest BCUT2D eigenvalue weighted by molar-refractivity contribution is 0.177. The van der Waals surface area contributed by atoms with Gasteiger partial charge in [-0.15, -0.1) is 11.3 Å². The van der Waals surface area contributed by atoms with Gasteiger partial charge in [-0.2, -0.15) is 0 Å². The Bertz CT molecular complexity index is 433. The SMILES string of the molecule is OC(Cc1nccs1)c1cncc(F)c1. The first-order valence-corrected chi connectivity index (χ1v) is 5.30. The van der Waals surface area contributed by atoms with E-state index in [1.807, 2.05) is 5.38 Å². The lowest BCUT2D eigenvalue weighted by Crippen LogP contribution is -2.02. The highest BCUT2D eigenvalue weighted by Crippen LogP contribution is 2.19. The van der Waals surface area contributed by atoms with Crippen molar-refractivity contribution in [1.29, 1.82) is 0 Å². The number of halogens is 1. The van der Waals surface area contributed by atoms with E-state index in [1.54, 1.807) is 6.20 Å². The zero-order valence-electron chi connectivity index (χ0n) is 7.80. The van der Waals surface area contributed by atoms with Crippen molar-refractivity contribution in [2.24, 2.45) is 0 Å². The van der Waals surface area contributed by atoms with Gasteiger partial charge in [0.05, 0.1) is 17.3 Å². The lowest BCUT2D eigenvalue weighted by atomic mass is 10.1. The van der Waals surface area contributed by atoms with E-state index < -0.39 is 11.9 Å². The van der Waals surface area contributed by atoms with Crippen LogP contribution in [0.2, 0.25) is 0 Å². The number of aliphatic hydroxyl groups is 1. The molecule has 2 aromatic heterocycles. The molecule has 15 heavy (non-hydrogen) atoms. The van der Waals surface area contributed by atoms with Gasteiger partial charge < -0.3 is 5.11 Å². The molecule has 0 saturated carbocycles. The van der Waals surface area contributed by atoms with E-state index in [9.17, 15) is 9.50 Å². The van der Waals surface area contributed by atoms with Gasteiger partial charge in [-0.05, 0) is 6.07 Å². The summed E-state index contributed by atoms with van der Waals surface area (Å²) < 4.78 is 12.8. The molecule has 2 aromatic rings. The Labute approximate surface area is 90.3 Å². The monoisotopic (exact) mass is 224 g/mol. The largest absolute Gasteiger partial charge is 0.388 e. The Hall–Kier alpha value is -1.33. The highest BCUT2D eigenvalue weighted by atomic mass is 32.1. The Morgan fingerprint density at radius 2 is 2.33 bits per heavy atom. The molecule has 1 unspecified atom stereocenters. The first-order chi connectivity index (χ1) is 7.25. The fourth-order valence-electron chi connectivity index (χ4n) is 1.25. The van der Waals surface area contributed by atoms with Crippen molar-refractivity contribution in [3.05, 3.63) is 46.4 Å². The molecular formula is C10H9FN2OS. The third kappa shape index (κ3) is 2.57. The van der Waals surface area contributed by atoms with E-state index >= 15 is 0 Å². The van der Waals surface area contributed by atoms with Gasteiger partial charge in [-0.25, -0.2) is 9.37 Å². The first kappa shape index (κ1) is 10.2. The Morgan fingerprint density at radius 3 is 3.00 bits per heavy atom. The summed E-state index contributed by atoms with van der Waals surface area (Å²) in [6.45, 7) is 0. The number of rotatable bonds is 3. The summed E-state index contributed by atoms with van der Waals surface area (Å²) in [4.78, 5) is 7.73. The minimum Gasteiger partial charge on any atom is -0.388 e. The maximum Gasteiger partial charge on any atom is 0.141 e. The van der Waals surface area contributed by atoms with Crippen molar-refractivity contribution < 1.29 is 9.50 Å². The molecule has 0 amide bonds. The highest BCUT2D eigenvalue weighted by molar-refractivity contribution is 7.09. The topological polar surface area (TPSA) is 46.0 Å². The van der Waals surface area contributed by atoms with Gasteiger partial charge in [-0.1, -0.05) is 0 Å². The van der Waals surface area contributed by atoms with Crippen LogP contribution in [0.1, 0.15) is 16.7 Å². The molecule has 0 aliphatic carbocycles. The Kier molecular flexibility index (Phi) is 3.03. The van der Waals surface area contributed by atoms with Crippen LogP contribution >= 0.6 is 11.3 Å². The Morgan fingerprint density at radius 1 is 1.47 bits per heavy atom. The van der Waals surface area contributed by atoms with Gasteiger partial charge >= 0.3 is 0 Å². The summed E-state index contributed by atoms with van der Waals surface area (Å²) in [5.41, 5.74) is 0.477. The minimum absolute atomic E-state index is 0.392. The second-order valence-electron chi connectivity index (χ2n) is 3.08. The van der Waals surface area contributed by atoms with Gasteiger partial charge in [0.2, 0.25) is 0 Å². The average molecular weight is 224 g/mol. The normalized spacial score (nSPS) is 12.7. The smallest absolute Gasteiger partial charge is 0.141 e. The first-order valence-electron chi connectivity index (χ1n) is 4.42. The van der Waals surface area contributed by atoms with Crippen molar-refractivity contribution >= 4 is 11.3 Å². The van der Waals surface area contributed by atoms with E-state index in [-0.39, 0.29) is 0 Å². The van der Waals surface area contributed by atoms with Crippen LogP contribution in [0.5, 0.6) is 0 Å². The molecule has 3 nitrogen and oxygen atoms in total. The number of hydrogen-bond donors (Lipinski definition) is 1. The standard InChI is InChI=1S/C10H9FN2OS/c11-8-3-7(5-12-6-8)9(14)4-10-13-1-2-15-10/h1-3,5-6,9,14H,4H2. The second kappa shape index (κ2) is 4.46. The van der Waals surface area contributed by atoms with Gasteiger partial charge in [0.15, 0.2) is 0 Å². The maximum atomic E-state index is 12.8. The molecular weight excluding hydrogens is 215 g/mol. The molecule has 2 rings (SSSR count). The maximum absolute atomic E-state index is 12.8. The molecule has 0 bridgehead atoms. The van der Waals surface area contributed by atoms with E-state index in [0.717, 1.165) is 11.2 Å². The zero-order chi connectivity index (χ0) is 10.7. The molecule has 0 aromatic carbocycles. The molecule has 2 heterocycles. The van der Waals surface area contributed by atoms with Crippen molar-refractivity contribution in [1.82, 2.24) is 9.97 Å². The lowest BCUT2D eigenvalue weighted by Gasteiger charge is -2.08. The molecule has 0 aliphatic heterocycles. The molecule has 0 aliphatic rings. The zero-order valence-corrected chi connectivity index (χ0v) is 8.62. The molecule has 1 atom stereocenters. The molecule has 78 valence electrons.